The first-order valence-corrected chi connectivity index (χ1v) is 11.2. The minimum atomic E-state index is -1.11. The van der Waals surface area contributed by atoms with Crippen LogP contribution in [0, 0.1) is 27.7 Å². The van der Waals surface area contributed by atoms with Gasteiger partial charge in [-0.05, 0) is 68.1 Å². The van der Waals surface area contributed by atoms with Crippen LogP contribution < -0.4 is 15.1 Å². The summed E-state index contributed by atoms with van der Waals surface area (Å²) in [6.45, 7) is 7.97. The molecule has 5 heteroatoms. The number of β-lactam (4-membered cyclic amide) rings is 1. The smallest absolute Gasteiger partial charge is 0.255 e. The number of carbonyl (C=O) groups is 2. The lowest BCUT2D eigenvalue weighted by Crippen LogP contribution is -2.67. The number of amides is 2. The zero-order valence-corrected chi connectivity index (χ0v) is 20.2. The summed E-state index contributed by atoms with van der Waals surface area (Å²) in [4.78, 5) is 30.8. The van der Waals surface area contributed by atoms with Crippen LogP contribution in [0.4, 0.5) is 17.1 Å². The predicted molar refractivity (Wildman–Crippen MR) is 135 cm³/mol. The van der Waals surface area contributed by atoms with Gasteiger partial charge in [0.25, 0.3) is 5.91 Å². The normalized spacial score (nSPS) is 17.5. The van der Waals surface area contributed by atoms with Crippen molar-refractivity contribution in [2.75, 3.05) is 29.2 Å². The summed E-state index contributed by atoms with van der Waals surface area (Å²) in [7, 11) is 3.96. The first-order chi connectivity index (χ1) is 15.6. The molecule has 1 heterocycles. The van der Waals surface area contributed by atoms with Crippen molar-refractivity contribution >= 4 is 28.9 Å². The van der Waals surface area contributed by atoms with Gasteiger partial charge in [0.05, 0.1) is 6.42 Å². The summed E-state index contributed by atoms with van der Waals surface area (Å²) in [6.07, 6.45) is 0.123. The lowest BCUT2D eigenvalue weighted by Gasteiger charge is -2.51. The third-order valence-electron chi connectivity index (χ3n) is 6.59. The third-order valence-corrected chi connectivity index (χ3v) is 6.59. The van der Waals surface area contributed by atoms with Gasteiger partial charge in [0, 0.05) is 31.2 Å². The number of hydrogen-bond donors (Lipinski definition) is 1. The molecule has 1 fully saturated rings. The zero-order chi connectivity index (χ0) is 23.9. The van der Waals surface area contributed by atoms with Crippen molar-refractivity contribution in [2.45, 2.75) is 39.7 Å². The summed E-state index contributed by atoms with van der Waals surface area (Å²) in [6, 6.07) is 19.8. The fourth-order valence-corrected chi connectivity index (χ4v) is 4.70. The quantitative estimate of drug-likeness (QED) is 0.550. The number of hydrogen-bond acceptors (Lipinski definition) is 3. The van der Waals surface area contributed by atoms with Gasteiger partial charge >= 0.3 is 0 Å². The van der Waals surface area contributed by atoms with Crippen LogP contribution in [0.5, 0.6) is 0 Å². The minimum Gasteiger partial charge on any atom is -0.378 e. The van der Waals surface area contributed by atoms with Crippen LogP contribution in [-0.4, -0.2) is 25.9 Å². The average Bonchev–Trinajstić information content (AvgIpc) is 2.76. The van der Waals surface area contributed by atoms with Crippen LogP contribution in [0.25, 0.3) is 0 Å². The van der Waals surface area contributed by atoms with Gasteiger partial charge in [0.15, 0.2) is 5.54 Å². The average molecular weight is 442 g/mol. The molecule has 3 aromatic rings. The number of carbonyl (C=O) groups excluding carboxylic acids is 2. The SMILES string of the molecule is Cc1ccc(N2C(=O)C[C@]2(C(=O)Nc2c(C)cccc2C)c2ccc(N(C)C)cc2)c(C)c1. The number of benzene rings is 3. The Bertz CT molecular complexity index is 1210. The largest absolute Gasteiger partial charge is 0.378 e. The fraction of sp³-hybridized carbons (Fsp3) is 0.286. The lowest BCUT2D eigenvalue weighted by atomic mass is 9.75. The van der Waals surface area contributed by atoms with Gasteiger partial charge in [-0.1, -0.05) is 48.0 Å². The Balaban J connectivity index is 1.85. The molecule has 1 atom stereocenters. The molecule has 0 radical (unpaired) electrons. The summed E-state index contributed by atoms with van der Waals surface area (Å²) in [5.74, 6) is -0.257. The van der Waals surface area contributed by atoms with Gasteiger partial charge in [0.2, 0.25) is 5.91 Å². The molecule has 0 aromatic heterocycles. The highest BCUT2D eigenvalue weighted by atomic mass is 16.2. The van der Waals surface area contributed by atoms with Crippen LogP contribution >= 0.6 is 0 Å². The van der Waals surface area contributed by atoms with Crippen molar-refractivity contribution in [1.29, 1.82) is 0 Å². The molecule has 2 amide bonds. The molecular weight excluding hydrogens is 410 g/mol. The number of para-hydroxylation sites is 1. The number of rotatable bonds is 5. The molecule has 170 valence electrons. The third kappa shape index (κ3) is 3.78. The Labute approximate surface area is 196 Å². The number of anilines is 3. The Morgan fingerprint density at radius 2 is 1.55 bits per heavy atom. The standard InChI is InChI=1S/C28H31N3O2/c1-18-10-15-24(21(4)16-18)31-25(32)17-28(31,22-11-13-23(14-12-22)30(5)6)27(33)29-26-19(2)8-7-9-20(26)3/h7-16H,17H2,1-6H3,(H,29,33)/t28-/m1/s1. The molecule has 3 aromatic carbocycles. The van der Waals surface area contributed by atoms with Crippen molar-refractivity contribution in [3.63, 3.8) is 0 Å². The maximum atomic E-state index is 14.0. The van der Waals surface area contributed by atoms with Gasteiger partial charge in [-0.3, -0.25) is 14.5 Å². The van der Waals surface area contributed by atoms with Crippen LogP contribution in [0.2, 0.25) is 0 Å². The van der Waals surface area contributed by atoms with E-state index in [9.17, 15) is 9.59 Å². The Kier molecular flexibility index (Phi) is 5.75. The van der Waals surface area contributed by atoms with Crippen LogP contribution in [0.3, 0.4) is 0 Å². The van der Waals surface area contributed by atoms with Crippen LogP contribution in [-0.2, 0) is 15.1 Å². The first kappa shape index (κ1) is 22.6. The second kappa shape index (κ2) is 8.39. The van der Waals surface area contributed by atoms with E-state index >= 15 is 0 Å². The number of nitrogens with one attached hydrogen (secondary N) is 1. The molecule has 0 aliphatic carbocycles. The number of nitrogens with zero attached hydrogens (tertiary/aromatic N) is 2. The van der Waals surface area contributed by atoms with E-state index in [1.54, 1.807) is 4.90 Å². The van der Waals surface area contributed by atoms with Crippen molar-refractivity contribution in [3.05, 3.63) is 88.5 Å². The van der Waals surface area contributed by atoms with E-state index in [0.717, 1.165) is 44.9 Å². The lowest BCUT2D eigenvalue weighted by molar-refractivity contribution is -0.137. The maximum absolute atomic E-state index is 14.0. The van der Waals surface area contributed by atoms with E-state index < -0.39 is 5.54 Å². The molecular formula is C28H31N3O2. The molecule has 1 aliphatic rings. The van der Waals surface area contributed by atoms with Crippen molar-refractivity contribution < 1.29 is 9.59 Å². The summed E-state index contributed by atoms with van der Waals surface area (Å²) >= 11 is 0. The highest BCUT2D eigenvalue weighted by Gasteiger charge is 2.58. The molecule has 0 bridgehead atoms. The van der Waals surface area contributed by atoms with Gasteiger partial charge in [-0.2, -0.15) is 0 Å². The molecule has 5 nitrogen and oxygen atoms in total. The number of aryl methyl sites for hydroxylation is 4. The van der Waals surface area contributed by atoms with Crippen molar-refractivity contribution in [1.82, 2.24) is 0 Å². The van der Waals surface area contributed by atoms with Crippen LogP contribution in [0.1, 0.15) is 34.2 Å². The molecule has 33 heavy (non-hydrogen) atoms. The maximum Gasteiger partial charge on any atom is 0.255 e. The fourth-order valence-electron chi connectivity index (χ4n) is 4.70. The monoisotopic (exact) mass is 441 g/mol. The van der Waals surface area contributed by atoms with E-state index in [1.807, 2.05) is 107 Å². The van der Waals surface area contributed by atoms with Gasteiger partial charge in [-0.25, -0.2) is 0 Å². The highest BCUT2D eigenvalue weighted by Crippen LogP contribution is 2.47. The second-order valence-electron chi connectivity index (χ2n) is 9.22. The zero-order valence-electron chi connectivity index (χ0n) is 20.2. The topological polar surface area (TPSA) is 52.7 Å². The second-order valence-corrected chi connectivity index (χ2v) is 9.22. The molecule has 1 N–H and O–H groups in total. The van der Waals surface area contributed by atoms with Gasteiger partial charge in [-0.15, -0.1) is 0 Å². The van der Waals surface area contributed by atoms with Crippen molar-refractivity contribution in [3.8, 4) is 0 Å². The molecule has 0 unspecified atom stereocenters. The molecule has 1 aliphatic heterocycles. The Hall–Kier alpha value is -3.60. The summed E-state index contributed by atoms with van der Waals surface area (Å²) < 4.78 is 0. The summed E-state index contributed by atoms with van der Waals surface area (Å²) in [5.41, 5.74) is 6.36. The van der Waals surface area contributed by atoms with Gasteiger partial charge in [0.1, 0.15) is 0 Å². The Morgan fingerprint density at radius 1 is 0.909 bits per heavy atom. The first-order valence-electron chi connectivity index (χ1n) is 11.2. The van der Waals surface area contributed by atoms with Crippen molar-refractivity contribution in [2.24, 2.45) is 0 Å². The summed E-state index contributed by atoms with van der Waals surface area (Å²) in [5, 5.41) is 3.17. The van der Waals surface area contributed by atoms with Crippen LogP contribution in [0.15, 0.2) is 60.7 Å². The molecule has 0 saturated carbocycles. The van der Waals surface area contributed by atoms with E-state index in [2.05, 4.69) is 5.32 Å². The van der Waals surface area contributed by atoms with E-state index in [0.29, 0.717) is 0 Å². The predicted octanol–water partition coefficient (Wildman–Crippen LogP) is 5.26. The van der Waals surface area contributed by atoms with E-state index in [4.69, 9.17) is 0 Å². The van der Waals surface area contributed by atoms with Gasteiger partial charge < -0.3 is 10.2 Å². The Morgan fingerprint density at radius 3 is 2.09 bits per heavy atom. The minimum absolute atomic E-state index is 0.0599. The molecule has 0 spiro atoms. The highest BCUT2D eigenvalue weighted by molar-refractivity contribution is 6.17. The molecule has 4 rings (SSSR count). The van der Waals surface area contributed by atoms with E-state index in [1.165, 1.54) is 0 Å². The molecule has 1 saturated heterocycles. The van der Waals surface area contributed by atoms with E-state index in [-0.39, 0.29) is 18.2 Å².